The first-order valence-corrected chi connectivity index (χ1v) is 8.49. The van der Waals surface area contributed by atoms with Crippen LogP contribution in [0.15, 0.2) is 29.8 Å². The van der Waals surface area contributed by atoms with Crippen LogP contribution in [0.1, 0.15) is 73.4 Å². The average Bonchev–Trinajstić information content (AvgIpc) is 3.11. The zero-order valence-electron chi connectivity index (χ0n) is 13.1. The molecule has 1 saturated carbocycles. The molecule has 1 heteroatoms. The van der Waals surface area contributed by atoms with Crippen LogP contribution in [0, 0.1) is 11.3 Å². The van der Waals surface area contributed by atoms with E-state index in [9.17, 15) is 4.79 Å². The third kappa shape index (κ3) is 1.79. The van der Waals surface area contributed by atoms with E-state index >= 15 is 0 Å². The van der Waals surface area contributed by atoms with Gasteiger partial charge in [0.1, 0.15) is 0 Å². The molecule has 0 radical (unpaired) electrons. The van der Waals surface area contributed by atoms with Crippen LogP contribution in [0.4, 0.5) is 0 Å². The Morgan fingerprint density at radius 3 is 2.90 bits per heavy atom. The summed E-state index contributed by atoms with van der Waals surface area (Å²) in [5, 5.41) is 0. The molecule has 0 aliphatic heterocycles. The van der Waals surface area contributed by atoms with E-state index in [0.29, 0.717) is 17.6 Å². The van der Waals surface area contributed by atoms with Crippen molar-refractivity contribution in [3.8, 4) is 0 Å². The SMILES string of the molecule is CCC(C)c1ccc2c(c1)CCC1(CC3=CCC1C3)C2=O. The van der Waals surface area contributed by atoms with E-state index in [1.807, 2.05) is 0 Å². The molecule has 21 heavy (non-hydrogen) atoms. The highest BCUT2D eigenvalue weighted by molar-refractivity contribution is 6.03. The summed E-state index contributed by atoms with van der Waals surface area (Å²) in [6.45, 7) is 4.50. The molecule has 0 heterocycles. The highest BCUT2D eigenvalue weighted by atomic mass is 16.1. The molecule has 2 bridgehead atoms. The molecule has 0 N–H and O–H groups in total. The second kappa shape index (κ2) is 4.56. The molecule has 1 fully saturated rings. The number of fused-ring (bicyclic) bond motifs is 4. The van der Waals surface area contributed by atoms with Gasteiger partial charge in [-0.15, -0.1) is 0 Å². The smallest absolute Gasteiger partial charge is 0.169 e. The largest absolute Gasteiger partial charge is 0.294 e. The van der Waals surface area contributed by atoms with Crippen molar-refractivity contribution in [1.82, 2.24) is 0 Å². The predicted octanol–water partition coefficient (Wildman–Crippen LogP) is 5.06. The number of hydrogen-bond acceptors (Lipinski definition) is 1. The van der Waals surface area contributed by atoms with Gasteiger partial charge in [-0.1, -0.05) is 43.7 Å². The highest BCUT2D eigenvalue weighted by Crippen LogP contribution is 2.58. The van der Waals surface area contributed by atoms with Crippen LogP contribution in [0.2, 0.25) is 0 Å². The van der Waals surface area contributed by atoms with E-state index < -0.39 is 0 Å². The van der Waals surface area contributed by atoms with E-state index in [1.165, 1.54) is 17.5 Å². The minimum atomic E-state index is -0.0328. The minimum Gasteiger partial charge on any atom is -0.294 e. The molecule has 3 atom stereocenters. The van der Waals surface area contributed by atoms with Crippen LogP contribution in [-0.4, -0.2) is 5.78 Å². The Labute approximate surface area is 127 Å². The number of hydrogen-bond donors (Lipinski definition) is 0. The number of allylic oxidation sites excluding steroid dienone is 2. The van der Waals surface area contributed by atoms with Gasteiger partial charge in [0.25, 0.3) is 0 Å². The molecule has 1 aromatic carbocycles. The highest BCUT2D eigenvalue weighted by Gasteiger charge is 2.53. The number of rotatable bonds is 2. The summed E-state index contributed by atoms with van der Waals surface area (Å²) >= 11 is 0. The van der Waals surface area contributed by atoms with E-state index in [4.69, 9.17) is 0 Å². The number of ketones is 1. The fourth-order valence-electron chi connectivity index (χ4n) is 4.79. The molecule has 110 valence electrons. The van der Waals surface area contributed by atoms with Gasteiger partial charge >= 0.3 is 0 Å². The number of Topliss-reactive ketones (excluding diaryl/α,β-unsaturated/α-hetero) is 1. The van der Waals surface area contributed by atoms with Crippen LogP contribution in [0.3, 0.4) is 0 Å². The second-order valence-corrected chi connectivity index (χ2v) is 7.39. The van der Waals surface area contributed by atoms with Gasteiger partial charge in [0, 0.05) is 11.0 Å². The Morgan fingerprint density at radius 1 is 1.38 bits per heavy atom. The number of aryl methyl sites for hydroxylation is 1. The summed E-state index contributed by atoms with van der Waals surface area (Å²) in [5.41, 5.74) is 5.25. The first-order valence-electron chi connectivity index (χ1n) is 8.49. The fourth-order valence-corrected chi connectivity index (χ4v) is 4.79. The van der Waals surface area contributed by atoms with Gasteiger partial charge in [-0.25, -0.2) is 0 Å². The van der Waals surface area contributed by atoms with Crippen LogP contribution in [0.25, 0.3) is 0 Å². The van der Waals surface area contributed by atoms with E-state index in [0.717, 1.165) is 37.7 Å². The molecule has 0 amide bonds. The number of carbonyl (C=O) groups excluding carboxylic acids is 1. The normalized spacial score (nSPS) is 31.4. The lowest BCUT2D eigenvalue weighted by molar-refractivity contribution is 0.0671. The maximum Gasteiger partial charge on any atom is 0.169 e. The first kappa shape index (κ1) is 13.3. The van der Waals surface area contributed by atoms with Crippen LogP contribution in [-0.2, 0) is 6.42 Å². The topological polar surface area (TPSA) is 17.1 Å². The van der Waals surface area contributed by atoms with Gasteiger partial charge in [0.15, 0.2) is 5.78 Å². The lowest BCUT2D eigenvalue weighted by Crippen LogP contribution is -2.39. The molecule has 3 unspecified atom stereocenters. The van der Waals surface area contributed by atoms with Crippen molar-refractivity contribution in [3.05, 3.63) is 46.5 Å². The van der Waals surface area contributed by atoms with Gasteiger partial charge in [-0.05, 0) is 61.5 Å². The Hall–Kier alpha value is -1.37. The van der Waals surface area contributed by atoms with Gasteiger partial charge in [-0.2, -0.15) is 0 Å². The van der Waals surface area contributed by atoms with Gasteiger partial charge < -0.3 is 0 Å². The van der Waals surface area contributed by atoms with Crippen molar-refractivity contribution >= 4 is 5.78 Å². The first-order chi connectivity index (χ1) is 10.1. The van der Waals surface area contributed by atoms with Crippen molar-refractivity contribution in [1.29, 1.82) is 0 Å². The summed E-state index contributed by atoms with van der Waals surface area (Å²) < 4.78 is 0. The van der Waals surface area contributed by atoms with Gasteiger partial charge in [0.2, 0.25) is 0 Å². The Balaban J connectivity index is 1.71. The van der Waals surface area contributed by atoms with Crippen molar-refractivity contribution in [2.45, 2.75) is 58.3 Å². The van der Waals surface area contributed by atoms with Crippen LogP contribution < -0.4 is 0 Å². The fraction of sp³-hybridized carbons (Fsp3) is 0.550. The molecule has 1 nitrogen and oxygen atoms in total. The van der Waals surface area contributed by atoms with Gasteiger partial charge in [-0.3, -0.25) is 4.79 Å². The molecule has 3 aliphatic rings. The molecular formula is C20H24O. The maximum atomic E-state index is 13.2. The molecule has 0 aromatic heterocycles. The molecule has 1 spiro atoms. The molecule has 0 saturated heterocycles. The molecule has 4 rings (SSSR count). The third-order valence-corrected chi connectivity index (χ3v) is 6.37. The maximum absolute atomic E-state index is 13.2. The Kier molecular flexibility index (Phi) is 2.89. The van der Waals surface area contributed by atoms with Crippen molar-refractivity contribution < 1.29 is 4.79 Å². The monoisotopic (exact) mass is 280 g/mol. The van der Waals surface area contributed by atoms with E-state index in [2.05, 4.69) is 38.1 Å². The quantitative estimate of drug-likeness (QED) is 0.692. The van der Waals surface area contributed by atoms with Crippen molar-refractivity contribution in [3.63, 3.8) is 0 Å². The third-order valence-electron chi connectivity index (χ3n) is 6.37. The lowest BCUT2D eigenvalue weighted by Gasteiger charge is -2.39. The zero-order chi connectivity index (χ0) is 14.6. The van der Waals surface area contributed by atoms with Crippen molar-refractivity contribution in [2.24, 2.45) is 11.3 Å². The summed E-state index contributed by atoms with van der Waals surface area (Å²) in [7, 11) is 0. The summed E-state index contributed by atoms with van der Waals surface area (Å²) in [4.78, 5) is 13.2. The molecule has 3 aliphatic carbocycles. The summed E-state index contributed by atoms with van der Waals surface area (Å²) in [6.07, 6.45) is 9.08. The van der Waals surface area contributed by atoms with Gasteiger partial charge in [0.05, 0.1) is 0 Å². The Morgan fingerprint density at radius 2 is 2.24 bits per heavy atom. The second-order valence-electron chi connectivity index (χ2n) is 7.39. The Bertz CT molecular complexity index is 639. The summed E-state index contributed by atoms with van der Waals surface area (Å²) in [5.74, 6) is 1.64. The predicted molar refractivity (Wildman–Crippen MR) is 85.7 cm³/mol. The zero-order valence-corrected chi connectivity index (χ0v) is 13.1. The molecule has 1 aromatic rings. The average molecular weight is 280 g/mol. The van der Waals surface area contributed by atoms with E-state index in [-0.39, 0.29) is 5.41 Å². The standard InChI is InChI=1S/C20H24O/c1-3-13(2)15-5-7-18-16(11-15)8-9-20(19(18)21)12-14-4-6-17(20)10-14/h4-5,7,11,13,17H,3,6,8-10,12H2,1-2H3. The number of carbonyl (C=O) groups is 1. The van der Waals surface area contributed by atoms with Crippen LogP contribution >= 0.6 is 0 Å². The minimum absolute atomic E-state index is 0.0328. The van der Waals surface area contributed by atoms with Crippen molar-refractivity contribution in [2.75, 3.05) is 0 Å². The molecular weight excluding hydrogens is 256 g/mol. The number of benzene rings is 1. The van der Waals surface area contributed by atoms with E-state index in [1.54, 1.807) is 5.57 Å². The lowest BCUT2D eigenvalue weighted by atomic mass is 9.63. The summed E-state index contributed by atoms with van der Waals surface area (Å²) in [6, 6.07) is 6.62. The van der Waals surface area contributed by atoms with Crippen LogP contribution in [0.5, 0.6) is 0 Å².